The highest BCUT2D eigenvalue weighted by molar-refractivity contribution is 6.33. The van der Waals surface area contributed by atoms with E-state index < -0.39 is 11.7 Å². The van der Waals surface area contributed by atoms with Gasteiger partial charge in [0.2, 0.25) is 0 Å². The summed E-state index contributed by atoms with van der Waals surface area (Å²) in [7, 11) is 0. The van der Waals surface area contributed by atoms with Crippen LogP contribution in [0, 0.1) is 12.7 Å². The van der Waals surface area contributed by atoms with E-state index in [2.05, 4.69) is 26.8 Å². The molecule has 0 unspecified atom stereocenters. The molecule has 0 atom stereocenters. The molecular weight excluding hydrogens is 419 g/mol. The van der Waals surface area contributed by atoms with Gasteiger partial charge in [0.15, 0.2) is 6.61 Å². The third-order valence-corrected chi connectivity index (χ3v) is 5.71. The second-order valence-corrected chi connectivity index (χ2v) is 9.22. The van der Waals surface area contributed by atoms with Crippen molar-refractivity contribution in [1.29, 1.82) is 0 Å². The van der Waals surface area contributed by atoms with Gasteiger partial charge >= 0.3 is 0 Å². The molecule has 0 aromatic heterocycles. The smallest absolute Gasteiger partial charge is 0.260 e. The van der Waals surface area contributed by atoms with Crippen LogP contribution in [0.15, 0.2) is 36.4 Å². The van der Waals surface area contributed by atoms with Crippen LogP contribution >= 0.6 is 11.6 Å². The number of piperazine rings is 1. The van der Waals surface area contributed by atoms with Crippen molar-refractivity contribution < 1.29 is 18.7 Å². The standard InChI is InChI=1S/C24H28ClFN2O3/c1-16-8-9-20(17(14-16)24(2,3)4)31-15-21(29)27-10-12-28(13-11-27)23(30)22-18(25)6-5-7-19(22)26/h5-9,14H,10-13,15H2,1-4H3. The van der Waals surface area contributed by atoms with Crippen molar-refractivity contribution in [3.63, 3.8) is 0 Å². The molecule has 0 radical (unpaired) electrons. The first-order valence-electron chi connectivity index (χ1n) is 10.3. The molecule has 166 valence electrons. The zero-order chi connectivity index (χ0) is 22.8. The number of hydrogen-bond donors (Lipinski definition) is 0. The lowest BCUT2D eigenvalue weighted by molar-refractivity contribution is -0.134. The monoisotopic (exact) mass is 446 g/mol. The molecule has 1 aliphatic rings. The van der Waals surface area contributed by atoms with Crippen molar-refractivity contribution in [3.05, 3.63) is 63.9 Å². The summed E-state index contributed by atoms with van der Waals surface area (Å²) in [6.07, 6.45) is 0. The maximum absolute atomic E-state index is 14.1. The molecule has 0 N–H and O–H groups in total. The van der Waals surface area contributed by atoms with E-state index in [0.717, 1.165) is 11.1 Å². The number of amides is 2. The Balaban J connectivity index is 1.59. The molecule has 7 heteroatoms. The molecule has 1 heterocycles. The minimum absolute atomic E-state index is 0.0702. The maximum Gasteiger partial charge on any atom is 0.260 e. The zero-order valence-corrected chi connectivity index (χ0v) is 19.1. The average molecular weight is 447 g/mol. The molecular formula is C24H28ClFN2O3. The summed E-state index contributed by atoms with van der Waals surface area (Å²) in [4.78, 5) is 28.5. The van der Waals surface area contributed by atoms with Gasteiger partial charge in [0, 0.05) is 26.2 Å². The predicted octanol–water partition coefficient (Wildman–Crippen LogP) is 4.45. The van der Waals surface area contributed by atoms with Gasteiger partial charge in [0.25, 0.3) is 11.8 Å². The van der Waals surface area contributed by atoms with Crippen LogP contribution in [0.1, 0.15) is 42.3 Å². The van der Waals surface area contributed by atoms with E-state index in [1.807, 2.05) is 19.1 Å². The highest BCUT2D eigenvalue weighted by Gasteiger charge is 2.28. The summed E-state index contributed by atoms with van der Waals surface area (Å²) in [6, 6.07) is 10.1. The van der Waals surface area contributed by atoms with E-state index in [1.165, 1.54) is 23.1 Å². The van der Waals surface area contributed by atoms with Crippen LogP contribution in [-0.2, 0) is 10.2 Å². The topological polar surface area (TPSA) is 49.9 Å². The molecule has 0 aliphatic carbocycles. The Morgan fingerprint density at radius 1 is 1.06 bits per heavy atom. The van der Waals surface area contributed by atoms with Gasteiger partial charge in [-0.2, -0.15) is 0 Å². The summed E-state index contributed by atoms with van der Waals surface area (Å²) in [6.45, 7) is 9.62. The van der Waals surface area contributed by atoms with Crippen LogP contribution < -0.4 is 4.74 Å². The molecule has 1 saturated heterocycles. The van der Waals surface area contributed by atoms with E-state index in [4.69, 9.17) is 16.3 Å². The van der Waals surface area contributed by atoms with E-state index in [1.54, 1.807) is 4.90 Å². The summed E-state index contributed by atoms with van der Waals surface area (Å²) in [5, 5.41) is 0.0876. The van der Waals surface area contributed by atoms with Gasteiger partial charge in [-0.15, -0.1) is 0 Å². The van der Waals surface area contributed by atoms with Crippen molar-refractivity contribution in [1.82, 2.24) is 9.80 Å². The summed E-state index contributed by atoms with van der Waals surface area (Å²) >= 11 is 6.01. The Morgan fingerprint density at radius 2 is 1.71 bits per heavy atom. The van der Waals surface area contributed by atoms with Crippen molar-refractivity contribution >= 4 is 23.4 Å². The summed E-state index contributed by atoms with van der Waals surface area (Å²) < 4.78 is 19.9. The van der Waals surface area contributed by atoms with E-state index >= 15 is 0 Å². The Labute approximate surface area is 187 Å². The number of aryl methyl sites for hydroxylation is 1. The summed E-state index contributed by atoms with van der Waals surface area (Å²) in [5.74, 6) is -0.538. The Kier molecular flexibility index (Phi) is 6.90. The summed E-state index contributed by atoms with van der Waals surface area (Å²) in [5.41, 5.74) is 1.96. The third kappa shape index (κ3) is 5.37. The van der Waals surface area contributed by atoms with Gasteiger partial charge < -0.3 is 14.5 Å². The first kappa shape index (κ1) is 23.1. The molecule has 31 heavy (non-hydrogen) atoms. The first-order chi connectivity index (χ1) is 14.6. The Morgan fingerprint density at radius 3 is 2.32 bits per heavy atom. The molecule has 0 spiro atoms. The fourth-order valence-electron chi connectivity index (χ4n) is 3.61. The maximum atomic E-state index is 14.1. The third-order valence-electron chi connectivity index (χ3n) is 5.39. The van der Waals surface area contributed by atoms with Gasteiger partial charge in [0.05, 0.1) is 10.6 Å². The fraction of sp³-hybridized carbons (Fsp3) is 0.417. The molecule has 1 aliphatic heterocycles. The Bertz CT molecular complexity index is 959. The quantitative estimate of drug-likeness (QED) is 0.697. The van der Waals surface area contributed by atoms with Crippen LogP contribution in [0.2, 0.25) is 5.02 Å². The molecule has 2 aromatic carbocycles. The predicted molar refractivity (Wildman–Crippen MR) is 119 cm³/mol. The number of ether oxygens (including phenoxy) is 1. The van der Waals surface area contributed by atoms with Crippen molar-refractivity contribution in [3.8, 4) is 5.75 Å². The number of carbonyl (C=O) groups excluding carboxylic acids is 2. The minimum Gasteiger partial charge on any atom is -0.483 e. The molecule has 3 rings (SSSR count). The van der Waals surface area contributed by atoms with Crippen molar-refractivity contribution in [2.75, 3.05) is 32.8 Å². The lowest BCUT2D eigenvalue weighted by Gasteiger charge is -2.35. The lowest BCUT2D eigenvalue weighted by atomic mass is 9.85. The normalized spacial score (nSPS) is 14.5. The molecule has 2 amide bonds. The van der Waals surface area contributed by atoms with Gasteiger partial charge in [-0.25, -0.2) is 4.39 Å². The minimum atomic E-state index is -0.642. The van der Waals surface area contributed by atoms with Crippen molar-refractivity contribution in [2.45, 2.75) is 33.1 Å². The molecule has 5 nitrogen and oxygen atoms in total. The Hall–Kier alpha value is -2.60. The highest BCUT2D eigenvalue weighted by atomic mass is 35.5. The number of benzene rings is 2. The molecule has 0 saturated carbocycles. The number of carbonyl (C=O) groups is 2. The molecule has 1 fully saturated rings. The number of nitrogens with zero attached hydrogens (tertiary/aromatic N) is 2. The lowest BCUT2D eigenvalue weighted by Crippen LogP contribution is -2.51. The van der Waals surface area contributed by atoms with Crippen LogP contribution in [-0.4, -0.2) is 54.4 Å². The van der Waals surface area contributed by atoms with E-state index in [-0.39, 0.29) is 28.5 Å². The SMILES string of the molecule is Cc1ccc(OCC(=O)N2CCN(C(=O)c3c(F)cccc3Cl)CC2)c(C(C)(C)C)c1. The first-order valence-corrected chi connectivity index (χ1v) is 10.7. The van der Waals surface area contributed by atoms with Gasteiger partial charge in [0.1, 0.15) is 11.6 Å². The fourth-order valence-corrected chi connectivity index (χ4v) is 3.85. The second-order valence-electron chi connectivity index (χ2n) is 8.81. The molecule has 0 bridgehead atoms. The van der Waals surface area contributed by atoms with Gasteiger partial charge in [-0.1, -0.05) is 56.1 Å². The van der Waals surface area contributed by atoms with Crippen molar-refractivity contribution in [2.24, 2.45) is 0 Å². The van der Waals surface area contributed by atoms with Crippen LogP contribution in [0.25, 0.3) is 0 Å². The largest absolute Gasteiger partial charge is 0.483 e. The van der Waals surface area contributed by atoms with E-state index in [9.17, 15) is 14.0 Å². The van der Waals surface area contributed by atoms with E-state index in [0.29, 0.717) is 31.9 Å². The number of hydrogen-bond acceptors (Lipinski definition) is 3. The zero-order valence-electron chi connectivity index (χ0n) is 18.4. The average Bonchev–Trinajstić information content (AvgIpc) is 2.72. The van der Waals surface area contributed by atoms with Crippen LogP contribution in [0.5, 0.6) is 5.75 Å². The highest BCUT2D eigenvalue weighted by Crippen LogP contribution is 2.32. The van der Waals surface area contributed by atoms with Gasteiger partial charge in [-0.3, -0.25) is 9.59 Å². The molecule has 2 aromatic rings. The van der Waals surface area contributed by atoms with Gasteiger partial charge in [-0.05, 0) is 36.1 Å². The number of rotatable bonds is 4. The van der Waals surface area contributed by atoms with Crippen LogP contribution in [0.3, 0.4) is 0 Å². The second kappa shape index (κ2) is 9.27. The van der Waals surface area contributed by atoms with Crippen LogP contribution in [0.4, 0.5) is 4.39 Å². The number of halogens is 2.